The number of nitrogens with zero attached hydrogens (tertiary/aromatic N) is 3. The van der Waals surface area contributed by atoms with E-state index >= 15 is 0 Å². The molecule has 1 aliphatic heterocycles. The summed E-state index contributed by atoms with van der Waals surface area (Å²) in [6.45, 7) is 8.67. The van der Waals surface area contributed by atoms with E-state index in [4.69, 9.17) is 16.6 Å². The zero-order valence-electron chi connectivity index (χ0n) is 27.4. The summed E-state index contributed by atoms with van der Waals surface area (Å²) in [5.74, 6) is -0.571. The summed E-state index contributed by atoms with van der Waals surface area (Å²) in [7, 11) is 0. The maximum Gasteiger partial charge on any atom is 0.265 e. The SMILES string of the molecule is CCc1cccc(CC)c1-n1c(C=C(C)C)c(C(=O)N2CCNC(=O)C2c2ccccc2)cc(-c2nc(-c3ccc(Cl)cc3)cs2)c1=O. The molecule has 0 aliphatic carbocycles. The van der Waals surface area contributed by atoms with Crippen molar-refractivity contribution in [2.45, 2.75) is 46.6 Å². The van der Waals surface area contributed by atoms with Gasteiger partial charge in [-0.2, -0.15) is 0 Å². The molecule has 1 fully saturated rings. The minimum absolute atomic E-state index is 0.241. The Hall–Kier alpha value is -4.79. The maximum absolute atomic E-state index is 14.9. The number of thiazole rings is 1. The molecular weight excluding hydrogens is 640 g/mol. The van der Waals surface area contributed by atoms with Gasteiger partial charge >= 0.3 is 0 Å². The number of benzene rings is 3. The van der Waals surface area contributed by atoms with Crippen molar-refractivity contribution in [1.29, 1.82) is 0 Å². The van der Waals surface area contributed by atoms with Gasteiger partial charge in [0.15, 0.2) is 0 Å². The first-order valence-electron chi connectivity index (χ1n) is 16.1. The van der Waals surface area contributed by atoms with Gasteiger partial charge in [0, 0.05) is 29.1 Å². The fraction of sp³-hybridized carbons (Fsp3) is 0.231. The Morgan fingerprint density at radius 3 is 2.31 bits per heavy atom. The van der Waals surface area contributed by atoms with Crippen LogP contribution in [-0.4, -0.2) is 39.4 Å². The molecule has 0 spiro atoms. The number of pyridine rings is 1. The van der Waals surface area contributed by atoms with Crippen molar-refractivity contribution >= 4 is 40.8 Å². The Labute approximate surface area is 289 Å². The summed E-state index contributed by atoms with van der Waals surface area (Å²) < 4.78 is 1.71. The van der Waals surface area contributed by atoms with Gasteiger partial charge in [0.2, 0.25) is 5.91 Å². The zero-order chi connectivity index (χ0) is 33.9. The third-order valence-electron chi connectivity index (χ3n) is 8.55. The van der Waals surface area contributed by atoms with E-state index in [0.717, 1.165) is 33.5 Å². The first-order chi connectivity index (χ1) is 23.2. The van der Waals surface area contributed by atoms with Gasteiger partial charge < -0.3 is 10.2 Å². The number of halogens is 1. The molecule has 0 bridgehead atoms. The molecule has 2 aromatic heterocycles. The van der Waals surface area contributed by atoms with E-state index in [-0.39, 0.29) is 17.4 Å². The Kier molecular flexibility index (Phi) is 9.76. The number of allylic oxidation sites excluding steroid dienone is 1. The molecule has 6 rings (SSSR count). The lowest BCUT2D eigenvalue weighted by Crippen LogP contribution is -2.52. The highest BCUT2D eigenvalue weighted by Gasteiger charge is 2.36. The summed E-state index contributed by atoms with van der Waals surface area (Å²) in [5.41, 5.74) is 6.86. The monoisotopic (exact) mass is 676 g/mol. The van der Waals surface area contributed by atoms with E-state index in [1.807, 2.05) is 86.0 Å². The van der Waals surface area contributed by atoms with Crippen LogP contribution in [0, 0.1) is 0 Å². The molecule has 1 unspecified atom stereocenters. The number of amides is 2. The highest BCUT2D eigenvalue weighted by molar-refractivity contribution is 7.13. The number of para-hydroxylation sites is 1. The molecule has 3 aromatic carbocycles. The maximum atomic E-state index is 14.9. The Balaban J connectivity index is 1.65. The Morgan fingerprint density at radius 1 is 0.979 bits per heavy atom. The van der Waals surface area contributed by atoms with Gasteiger partial charge in [-0.05, 0) is 67.7 Å². The van der Waals surface area contributed by atoms with Crippen LogP contribution in [0.1, 0.15) is 66.5 Å². The lowest BCUT2D eigenvalue weighted by molar-refractivity contribution is -0.128. The lowest BCUT2D eigenvalue weighted by Gasteiger charge is -2.36. The smallest absolute Gasteiger partial charge is 0.265 e. The molecule has 1 saturated heterocycles. The molecule has 1 N–H and O–H groups in total. The molecule has 0 radical (unpaired) electrons. The van der Waals surface area contributed by atoms with Crippen molar-refractivity contribution in [3.8, 4) is 27.5 Å². The molecule has 48 heavy (non-hydrogen) atoms. The van der Waals surface area contributed by atoms with Crippen LogP contribution < -0.4 is 10.9 Å². The second kappa shape index (κ2) is 14.1. The van der Waals surface area contributed by atoms with Gasteiger partial charge in [-0.15, -0.1) is 11.3 Å². The Morgan fingerprint density at radius 2 is 1.67 bits per heavy atom. The zero-order valence-corrected chi connectivity index (χ0v) is 29.0. The average molecular weight is 677 g/mol. The third-order valence-corrected chi connectivity index (χ3v) is 9.67. The van der Waals surface area contributed by atoms with Gasteiger partial charge in [-0.25, -0.2) is 4.98 Å². The summed E-state index contributed by atoms with van der Waals surface area (Å²) in [5, 5.41) is 5.96. The summed E-state index contributed by atoms with van der Waals surface area (Å²) in [6, 6.07) is 23.7. The van der Waals surface area contributed by atoms with Crippen LogP contribution in [0.4, 0.5) is 0 Å². The fourth-order valence-electron chi connectivity index (χ4n) is 6.25. The van der Waals surface area contributed by atoms with Crippen molar-refractivity contribution < 1.29 is 9.59 Å². The lowest BCUT2D eigenvalue weighted by atomic mass is 9.98. The molecule has 244 valence electrons. The van der Waals surface area contributed by atoms with Crippen LogP contribution in [0.15, 0.2) is 94.6 Å². The molecule has 7 nitrogen and oxygen atoms in total. The largest absolute Gasteiger partial charge is 0.352 e. The van der Waals surface area contributed by atoms with Gasteiger partial charge in [0.05, 0.1) is 28.2 Å². The standard InChI is InChI=1S/C39H37ClN4O3S/c1-5-25-13-10-14-26(6-2)34(25)44-33(21-24(3)4)30(38(46)43-20-19-41-36(45)35(43)28-11-8-7-9-12-28)22-31(39(44)47)37-42-32(23-48-37)27-15-17-29(40)18-16-27/h7-18,21-23,35H,5-6,19-20H2,1-4H3,(H,41,45). The van der Waals surface area contributed by atoms with Crippen molar-refractivity contribution in [2.75, 3.05) is 13.1 Å². The minimum Gasteiger partial charge on any atom is -0.352 e. The van der Waals surface area contributed by atoms with Crippen LogP contribution in [0.25, 0.3) is 33.6 Å². The fourth-order valence-corrected chi connectivity index (χ4v) is 7.21. The number of aryl methyl sites for hydroxylation is 2. The normalized spacial score (nSPS) is 14.5. The number of carbonyl (C=O) groups excluding carboxylic acids is 2. The quantitative estimate of drug-likeness (QED) is 0.180. The molecule has 1 atom stereocenters. The number of rotatable bonds is 8. The van der Waals surface area contributed by atoms with E-state index in [9.17, 15) is 14.4 Å². The van der Waals surface area contributed by atoms with E-state index in [1.165, 1.54) is 11.3 Å². The summed E-state index contributed by atoms with van der Waals surface area (Å²) >= 11 is 7.49. The van der Waals surface area contributed by atoms with Crippen molar-refractivity contribution in [1.82, 2.24) is 19.8 Å². The van der Waals surface area contributed by atoms with Gasteiger partial charge in [0.1, 0.15) is 11.0 Å². The number of aromatic nitrogens is 2. The van der Waals surface area contributed by atoms with E-state index in [0.29, 0.717) is 58.5 Å². The third kappa shape index (κ3) is 6.38. The van der Waals surface area contributed by atoms with Crippen LogP contribution in [0.5, 0.6) is 0 Å². The molecule has 3 heterocycles. The second-order valence-electron chi connectivity index (χ2n) is 12.0. The first-order valence-corrected chi connectivity index (χ1v) is 17.4. The first kappa shape index (κ1) is 33.1. The van der Waals surface area contributed by atoms with Crippen molar-refractivity contribution in [2.24, 2.45) is 0 Å². The van der Waals surface area contributed by atoms with Crippen LogP contribution >= 0.6 is 22.9 Å². The minimum atomic E-state index is -0.818. The van der Waals surface area contributed by atoms with Gasteiger partial charge in [-0.1, -0.05) is 91.7 Å². The van der Waals surface area contributed by atoms with Crippen LogP contribution in [0.3, 0.4) is 0 Å². The number of hydrogen-bond acceptors (Lipinski definition) is 5. The molecule has 9 heteroatoms. The van der Waals surface area contributed by atoms with Crippen LogP contribution in [0.2, 0.25) is 5.02 Å². The molecule has 0 saturated carbocycles. The summed E-state index contributed by atoms with van der Waals surface area (Å²) in [4.78, 5) is 49.7. The highest BCUT2D eigenvalue weighted by atomic mass is 35.5. The summed E-state index contributed by atoms with van der Waals surface area (Å²) in [6.07, 6.45) is 3.28. The molecule has 2 amide bonds. The number of piperazine rings is 1. The van der Waals surface area contributed by atoms with Crippen molar-refractivity contribution in [3.05, 3.63) is 133 Å². The van der Waals surface area contributed by atoms with E-state index < -0.39 is 6.04 Å². The highest BCUT2D eigenvalue weighted by Crippen LogP contribution is 2.33. The molecule has 5 aromatic rings. The predicted molar refractivity (Wildman–Crippen MR) is 195 cm³/mol. The van der Waals surface area contributed by atoms with Crippen molar-refractivity contribution in [3.63, 3.8) is 0 Å². The number of hydrogen-bond donors (Lipinski definition) is 1. The predicted octanol–water partition coefficient (Wildman–Crippen LogP) is 8.14. The van der Waals surface area contributed by atoms with E-state index in [2.05, 4.69) is 19.2 Å². The molecule has 1 aliphatic rings. The second-order valence-corrected chi connectivity index (χ2v) is 13.3. The number of nitrogens with one attached hydrogen (secondary N) is 1. The van der Waals surface area contributed by atoms with Crippen LogP contribution in [-0.2, 0) is 17.6 Å². The average Bonchev–Trinajstić information content (AvgIpc) is 3.58. The van der Waals surface area contributed by atoms with Gasteiger partial charge in [-0.3, -0.25) is 19.0 Å². The topological polar surface area (TPSA) is 84.3 Å². The number of carbonyl (C=O) groups is 2. The molecular formula is C39H37ClN4O3S. The van der Waals surface area contributed by atoms with Gasteiger partial charge in [0.25, 0.3) is 11.5 Å². The van der Waals surface area contributed by atoms with E-state index in [1.54, 1.807) is 27.7 Å². The Bertz CT molecular complexity index is 2060.